The highest BCUT2D eigenvalue weighted by Gasteiger charge is 2.35. The molecule has 182 valence electrons. The van der Waals surface area contributed by atoms with Crippen molar-refractivity contribution in [1.29, 1.82) is 0 Å². The molecule has 7 heteroatoms. The van der Waals surface area contributed by atoms with Gasteiger partial charge in [-0.1, -0.05) is 74.4 Å². The van der Waals surface area contributed by atoms with Crippen LogP contribution in [0.2, 0.25) is 0 Å². The van der Waals surface area contributed by atoms with Crippen LogP contribution in [0.5, 0.6) is 0 Å². The van der Waals surface area contributed by atoms with Gasteiger partial charge in [-0.2, -0.15) is 0 Å². The molecule has 0 spiro atoms. The van der Waals surface area contributed by atoms with Crippen LogP contribution < -0.4 is 15.5 Å². The molecule has 35 heavy (non-hydrogen) atoms. The Labute approximate surface area is 210 Å². The number of benzene rings is 2. The quantitative estimate of drug-likeness (QED) is 0.450. The van der Waals surface area contributed by atoms with Gasteiger partial charge in [-0.3, -0.25) is 19.3 Å². The van der Waals surface area contributed by atoms with Crippen molar-refractivity contribution in [2.45, 2.75) is 51.1 Å². The molecule has 2 N–H and O–H groups in total. The van der Waals surface area contributed by atoms with E-state index in [2.05, 4.69) is 10.6 Å². The van der Waals surface area contributed by atoms with Crippen LogP contribution in [0.1, 0.15) is 59.4 Å². The lowest BCUT2D eigenvalue weighted by atomic mass is 10.0. The monoisotopic (exact) mass is 489 g/mol. The lowest BCUT2D eigenvalue weighted by molar-refractivity contribution is -0.126. The molecule has 3 amide bonds. The Morgan fingerprint density at radius 1 is 0.971 bits per heavy atom. The first-order valence-electron chi connectivity index (χ1n) is 12.2. The lowest BCUT2D eigenvalue weighted by Gasteiger charge is -2.33. The molecule has 4 rings (SSSR count). The second-order valence-electron chi connectivity index (χ2n) is 8.71. The van der Waals surface area contributed by atoms with Gasteiger partial charge in [0, 0.05) is 11.7 Å². The minimum absolute atomic E-state index is 0.116. The van der Waals surface area contributed by atoms with Gasteiger partial charge < -0.3 is 10.6 Å². The molecule has 0 radical (unpaired) electrons. The van der Waals surface area contributed by atoms with Gasteiger partial charge in [0.25, 0.3) is 5.91 Å². The van der Waals surface area contributed by atoms with Gasteiger partial charge in [-0.05, 0) is 47.9 Å². The fraction of sp³-hybridized carbons (Fsp3) is 0.321. The van der Waals surface area contributed by atoms with E-state index >= 15 is 0 Å². The number of nitrogens with zero attached hydrogens (tertiary/aromatic N) is 1. The Bertz CT molecular complexity index is 1140. The summed E-state index contributed by atoms with van der Waals surface area (Å²) in [6.45, 7) is 1.81. The second-order valence-corrected chi connectivity index (χ2v) is 9.66. The zero-order valence-corrected chi connectivity index (χ0v) is 20.7. The van der Waals surface area contributed by atoms with Gasteiger partial charge >= 0.3 is 0 Å². The first kappa shape index (κ1) is 24.7. The molecule has 1 aliphatic rings. The maximum Gasteiger partial charge on any atom is 0.261 e. The van der Waals surface area contributed by atoms with Gasteiger partial charge in [0.1, 0.15) is 6.04 Å². The van der Waals surface area contributed by atoms with Gasteiger partial charge in [-0.15, -0.1) is 11.3 Å². The van der Waals surface area contributed by atoms with Gasteiger partial charge in [0.15, 0.2) is 0 Å². The Hall–Kier alpha value is -3.45. The summed E-state index contributed by atoms with van der Waals surface area (Å²) in [5, 5.41) is 7.75. The third-order valence-corrected chi connectivity index (χ3v) is 7.24. The highest BCUT2D eigenvalue weighted by Crippen LogP contribution is 2.32. The average molecular weight is 490 g/mol. The number of aryl methyl sites for hydroxylation is 1. The fourth-order valence-corrected chi connectivity index (χ4v) is 5.24. The Morgan fingerprint density at radius 2 is 1.69 bits per heavy atom. The average Bonchev–Trinajstić information content (AvgIpc) is 3.61. The predicted molar refractivity (Wildman–Crippen MR) is 140 cm³/mol. The smallest absolute Gasteiger partial charge is 0.261 e. The van der Waals surface area contributed by atoms with Crippen LogP contribution in [0.15, 0.2) is 72.1 Å². The van der Waals surface area contributed by atoms with E-state index in [-0.39, 0.29) is 30.3 Å². The minimum Gasteiger partial charge on any atom is -0.351 e. The first-order chi connectivity index (χ1) is 17.1. The van der Waals surface area contributed by atoms with Crippen LogP contribution in [-0.2, 0) is 16.0 Å². The standard InChI is InChI=1S/C28H31N3O3S/c1-2-20-11-6-9-16-23(20)31(25(32)19-29-27(33)24-17-10-18-35-24)26(21-12-4-3-5-13-21)28(34)30-22-14-7-8-15-22/h3-6,9-13,16-18,22,26H,2,7-8,14-15,19H2,1H3,(H,29,33)(H,30,34)/t26-/m1/s1. The maximum absolute atomic E-state index is 13.8. The van der Waals surface area contributed by atoms with Crippen LogP contribution in [0, 0.1) is 0 Å². The van der Waals surface area contributed by atoms with Crippen molar-refractivity contribution in [1.82, 2.24) is 10.6 Å². The third-order valence-electron chi connectivity index (χ3n) is 6.37. The Morgan fingerprint density at radius 3 is 2.37 bits per heavy atom. The zero-order valence-electron chi connectivity index (χ0n) is 19.9. The largest absolute Gasteiger partial charge is 0.351 e. The first-order valence-corrected chi connectivity index (χ1v) is 13.0. The molecular formula is C28H31N3O3S. The summed E-state index contributed by atoms with van der Waals surface area (Å²) < 4.78 is 0. The number of carbonyl (C=O) groups excluding carboxylic acids is 3. The molecule has 1 fully saturated rings. The van der Waals surface area contributed by atoms with E-state index in [4.69, 9.17) is 0 Å². The van der Waals surface area contributed by atoms with E-state index < -0.39 is 6.04 Å². The molecule has 1 aromatic heterocycles. The molecule has 0 bridgehead atoms. The summed E-state index contributed by atoms with van der Waals surface area (Å²) in [7, 11) is 0. The molecule has 1 heterocycles. The number of rotatable bonds is 9. The summed E-state index contributed by atoms with van der Waals surface area (Å²) >= 11 is 1.32. The number of carbonyl (C=O) groups is 3. The van der Waals surface area contributed by atoms with Gasteiger partial charge in [0.05, 0.1) is 11.4 Å². The van der Waals surface area contributed by atoms with E-state index in [1.165, 1.54) is 11.3 Å². The molecule has 3 aromatic rings. The molecule has 6 nitrogen and oxygen atoms in total. The van der Waals surface area contributed by atoms with Crippen molar-refractivity contribution in [3.8, 4) is 0 Å². The van der Waals surface area contributed by atoms with Crippen molar-refractivity contribution in [2.75, 3.05) is 11.4 Å². The van der Waals surface area contributed by atoms with E-state index in [9.17, 15) is 14.4 Å². The number of thiophene rings is 1. The Balaban J connectivity index is 1.70. The lowest BCUT2D eigenvalue weighted by Crippen LogP contribution is -2.49. The van der Waals surface area contributed by atoms with E-state index in [0.29, 0.717) is 17.0 Å². The molecule has 0 aliphatic heterocycles. The molecular weight excluding hydrogens is 458 g/mol. The second kappa shape index (κ2) is 11.8. The van der Waals surface area contributed by atoms with Gasteiger partial charge in [-0.25, -0.2) is 0 Å². The number of hydrogen-bond donors (Lipinski definition) is 2. The van der Waals surface area contributed by atoms with Crippen LogP contribution in [-0.4, -0.2) is 30.3 Å². The number of amides is 3. The van der Waals surface area contributed by atoms with Crippen LogP contribution in [0.25, 0.3) is 0 Å². The molecule has 0 saturated heterocycles. The number of para-hydroxylation sites is 1. The van der Waals surface area contributed by atoms with E-state index in [1.807, 2.05) is 66.9 Å². The summed E-state index contributed by atoms with van der Waals surface area (Å²) in [4.78, 5) is 42.2. The van der Waals surface area contributed by atoms with Crippen molar-refractivity contribution in [3.05, 3.63) is 88.1 Å². The summed E-state index contributed by atoms with van der Waals surface area (Å²) in [6.07, 6.45) is 4.79. The topological polar surface area (TPSA) is 78.5 Å². The highest BCUT2D eigenvalue weighted by atomic mass is 32.1. The molecule has 1 atom stereocenters. The predicted octanol–water partition coefficient (Wildman–Crippen LogP) is 4.87. The number of nitrogens with one attached hydrogen (secondary N) is 2. The normalized spacial score (nSPS) is 14.3. The van der Waals surface area contributed by atoms with Crippen molar-refractivity contribution in [3.63, 3.8) is 0 Å². The molecule has 0 unspecified atom stereocenters. The number of hydrogen-bond acceptors (Lipinski definition) is 4. The summed E-state index contributed by atoms with van der Waals surface area (Å²) in [5.74, 6) is -0.845. The van der Waals surface area contributed by atoms with Crippen LogP contribution >= 0.6 is 11.3 Å². The fourth-order valence-electron chi connectivity index (χ4n) is 4.60. The third kappa shape index (κ3) is 5.98. The molecule has 2 aromatic carbocycles. The van der Waals surface area contributed by atoms with Crippen LogP contribution in [0.3, 0.4) is 0 Å². The van der Waals surface area contributed by atoms with Crippen LogP contribution in [0.4, 0.5) is 5.69 Å². The zero-order chi connectivity index (χ0) is 24.6. The number of anilines is 1. The molecule has 1 saturated carbocycles. The van der Waals surface area contributed by atoms with Crippen molar-refractivity contribution < 1.29 is 14.4 Å². The Kier molecular flexibility index (Phi) is 8.32. The maximum atomic E-state index is 13.8. The van der Waals surface area contributed by atoms with E-state index in [1.54, 1.807) is 17.0 Å². The summed E-state index contributed by atoms with van der Waals surface area (Å²) in [6, 6.07) is 19.8. The molecule has 1 aliphatic carbocycles. The van der Waals surface area contributed by atoms with Gasteiger partial charge in [0.2, 0.25) is 11.8 Å². The van der Waals surface area contributed by atoms with Crippen molar-refractivity contribution >= 4 is 34.7 Å². The highest BCUT2D eigenvalue weighted by molar-refractivity contribution is 7.12. The SMILES string of the molecule is CCc1ccccc1N(C(=O)CNC(=O)c1cccs1)[C@@H](C(=O)NC1CCCC1)c1ccccc1. The van der Waals surface area contributed by atoms with Crippen molar-refractivity contribution in [2.24, 2.45) is 0 Å². The minimum atomic E-state index is -0.851. The summed E-state index contributed by atoms with van der Waals surface area (Å²) in [5.41, 5.74) is 2.37. The van der Waals surface area contributed by atoms with E-state index in [0.717, 1.165) is 36.8 Å².